The summed E-state index contributed by atoms with van der Waals surface area (Å²) in [5, 5.41) is 2.76. The number of carbonyl (C=O) groups excluding carboxylic acids is 1. The average molecular weight is 320 g/mol. The number of hydrogen-bond acceptors (Lipinski definition) is 4. The molecule has 2 aromatic rings. The van der Waals surface area contributed by atoms with Crippen molar-refractivity contribution in [3.05, 3.63) is 11.6 Å². The van der Waals surface area contributed by atoms with Gasteiger partial charge in [-0.2, -0.15) is 0 Å². The average Bonchev–Trinajstić information content (AvgIpc) is 2.82. The molecule has 0 unspecified atom stereocenters. The second kappa shape index (κ2) is 9.06. The van der Waals surface area contributed by atoms with E-state index >= 15 is 0 Å². The first kappa shape index (κ1) is 18.0. The van der Waals surface area contributed by atoms with Gasteiger partial charge in [-0.1, -0.05) is 37.8 Å². The maximum Gasteiger partial charge on any atom is 1.00 e. The van der Waals surface area contributed by atoms with Gasteiger partial charge in [-0.05, 0) is 12.7 Å². The minimum absolute atomic E-state index is 0. The summed E-state index contributed by atoms with van der Waals surface area (Å²) in [6, 6.07) is 0. The summed E-state index contributed by atoms with van der Waals surface area (Å²) in [5.74, 6) is 0.239. The van der Waals surface area contributed by atoms with Gasteiger partial charge in [0.2, 0.25) is 5.91 Å². The van der Waals surface area contributed by atoms with E-state index in [9.17, 15) is 4.79 Å². The Morgan fingerprint density at radius 3 is 2.90 bits per heavy atom. The topological polar surface area (TPSA) is 81.9 Å². The van der Waals surface area contributed by atoms with E-state index in [1.807, 2.05) is 0 Å². The van der Waals surface area contributed by atoms with Crippen molar-refractivity contribution < 1.29 is 56.2 Å². The minimum Gasteiger partial charge on any atom is -0.365 e. The predicted molar refractivity (Wildman–Crippen MR) is 73.1 cm³/mol. The van der Waals surface area contributed by atoms with Crippen LogP contribution in [0.25, 0.3) is 11.2 Å². The van der Waals surface area contributed by atoms with Gasteiger partial charge in [-0.3, -0.25) is 4.79 Å². The predicted octanol–water partition coefficient (Wildman–Crippen LogP) is -0.452. The van der Waals surface area contributed by atoms with Gasteiger partial charge in [-0.15, -0.1) is 0 Å². The summed E-state index contributed by atoms with van der Waals surface area (Å²) in [6.45, 7) is 2.13. The van der Waals surface area contributed by atoms with Crippen molar-refractivity contribution in [1.82, 2.24) is 19.9 Å². The van der Waals surface area contributed by atoms with E-state index in [2.05, 4.69) is 32.2 Å². The van der Waals surface area contributed by atoms with Crippen molar-refractivity contribution in [2.45, 2.75) is 39.0 Å². The zero-order valence-corrected chi connectivity index (χ0v) is 15.6. The Morgan fingerprint density at radius 1 is 1.35 bits per heavy atom. The number of imidazole rings is 1. The van der Waals surface area contributed by atoms with Crippen molar-refractivity contribution in [2.24, 2.45) is 0 Å². The smallest absolute Gasteiger partial charge is 0.365 e. The van der Waals surface area contributed by atoms with Gasteiger partial charge in [0.1, 0.15) is 5.82 Å². The van der Waals surface area contributed by atoms with Crippen LogP contribution in [0.4, 0.5) is 5.82 Å². The number of nitrogens with one attached hydrogen (secondary N) is 1. The molecule has 0 bridgehead atoms. The largest absolute Gasteiger partial charge is 1.00 e. The minimum atomic E-state index is -0.0878. The number of halogens is 1. The molecule has 8 heteroatoms. The molecule has 2 aromatic heterocycles. The number of carbonyl (C=O) groups is 1. The van der Waals surface area contributed by atoms with Crippen molar-refractivity contribution in [1.29, 1.82) is 0 Å². The Hall–Kier alpha value is -0.0536. The van der Waals surface area contributed by atoms with Gasteiger partial charge in [-0.25, -0.2) is 4.98 Å². The van der Waals surface area contributed by atoms with E-state index in [4.69, 9.17) is 11.6 Å². The Kier molecular flexibility index (Phi) is 8.16. The van der Waals surface area contributed by atoms with Crippen LogP contribution in [0, 0.1) is 0 Å². The molecule has 2 heterocycles. The summed E-state index contributed by atoms with van der Waals surface area (Å²) >= 11 is 5.77. The van der Waals surface area contributed by atoms with E-state index in [0.29, 0.717) is 23.4 Å². The summed E-state index contributed by atoms with van der Waals surface area (Å²) in [6.07, 6.45) is 6.05. The van der Waals surface area contributed by atoms with Crippen molar-refractivity contribution in [3.8, 4) is 0 Å². The molecule has 0 aliphatic rings. The van der Waals surface area contributed by atoms with Crippen LogP contribution < -0.4 is 61.7 Å². The van der Waals surface area contributed by atoms with Crippen molar-refractivity contribution in [2.75, 3.05) is 5.32 Å². The third-order valence-corrected chi connectivity index (χ3v) is 2.89. The molecule has 20 heavy (non-hydrogen) atoms. The summed E-state index contributed by atoms with van der Waals surface area (Å²) < 4.78 is 0. The monoisotopic (exact) mass is 319 g/mol. The van der Waals surface area contributed by atoms with E-state index in [0.717, 1.165) is 25.7 Å². The fraction of sp³-hybridized carbons (Fsp3) is 0.500. The zero-order valence-electron chi connectivity index (χ0n) is 11.7. The van der Waals surface area contributed by atoms with E-state index in [-0.39, 0.29) is 62.6 Å². The van der Waals surface area contributed by atoms with Crippen LogP contribution in [0.5, 0.6) is 0 Å². The number of anilines is 1. The number of rotatable bonds is 6. The molecule has 0 saturated heterocycles. The van der Waals surface area contributed by atoms with Gasteiger partial charge in [0, 0.05) is 17.6 Å². The molecule has 0 atom stereocenters. The molecule has 0 radical (unpaired) electrons. The Bertz CT molecular complexity index is 574. The molecule has 0 saturated carbocycles. The Morgan fingerprint density at radius 2 is 2.15 bits per heavy atom. The zero-order chi connectivity index (χ0) is 13.7. The summed E-state index contributed by atoms with van der Waals surface area (Å²) in [5.41, 5.74) is 0.854. The molecular weight excluding hydrogens is 305 g/mol. The number of fused-ring (bicyclic) bond motifs is 1. The van der Waals surface area contributed by atoms with Crippen LogP contribution in [-0.4, -0.2) is 20.9 Å². The normalized spacial score (nSPS) is 10.3. The van der Waals surface area contributed by atoms with Gasteiger partial charge < -0.3 is 20.3 Å². The van der Waals surface area contributed by atoms with Gasteiger partial charge >= 0.3 is 51.4 Å². The molecule has 6 nitrogen and oxygen atoms in total. The van der Waals surface area contributed by atoms with Crippen LogP contribution in [0.1, 0.15) is 39.0 Å². The Labute approximate surface area is 164 Å². The van der Waals surface area contributed by atoms with Gasteiger partial charge in [0.05, 0.1) is 0 Å². The first-order chi connectivity index (χ1) is 9.20. The molecule has 0 fully saturated rings. The quantitative estimate of drug-likeness (QED) is 0.443. The van der Waals surface area contributed by atoms with Crippen LogP contribution in [0.15, 0.2) is 6.33 Å². The standard InChI is InChI=1S/C12H16ClN5O.K/c1-2-3-4-5-6-8(19)16-11-9-10(15-7-14-9)17-12(13)18-11;/h7H,2-6H2,1H3,(H2,14,15,16,17,18,19);/q;+1/p-1. The fourth-order valence-corrected chi connectivity index (χ4v) is 1.93. The molecule has 2 rings (SSSR count). The van der Waals surface area contributed by atoms with E-state index in [1.165, 1.54) is 6.33 Å². The number of amides is 1. The van der Waals surface area contributed by atoms with E-state index < -0.39 is 0 Å². The molecule has 0 aromatic carbocycles. The van der Waals surface area contributed by atoms with Crippen LogP contribution >= 0.6 is 11.6 Å². The third-order valence-electron chi connectivity index (χ3n) is 2.72. The van der Waals surface area contributed by atoms with Crippen LogP contribution in [-0.2, 0) is 4.79 Å². The number of aromatic nitrogens is 4. The fourth-order valence-electron chi connectivity index (χ4n) is 1.76. The maximum atomic E-state index is 11.8. The third kappa shape index (κ3) is 5.05. The first-order valence-corrected chi connectivity index (χ1v) is 6.69. The first-order valence-electron chi connectivity index (χ1n) is 6.31. The Balaban J connectivity index is 0.00000200. The molecule has 0 aliphatic carbocycles. The molecule has 1 N–H and O–H groups in total. The molecule has 1 amide bonds. The molecule has 0 aliphatic heterocycles. The van der Waals surface area contributed by atoms with Crippen molar-refractivity contribution >= 4 is 34.5 Å². The molecular formula is C12H15ClKN5O. The SMILES string of the molecule is CCCCCCC(=O)Nc1nc(Cl)nc2[n-]cnc12.[K+]. The molecule has 0 spiro atoms. The second-order valence-corrected chi connectivity index (χ2v) is 4.58. The molecule has 102 valence electrons. The number of hydrogen-bond donors (Lipinski definition) is 1. The summed E-state index contributed by atoms with van der Waals surface area (Å²) in [4.78, 5) is 27.6. The number of nitrogens with zero attached hydrogens (tertiary/aromatic N) is 4. The second-order valence-electron chi connectivity index (χ2n) is 4.25. The van der Waals surface area contributed by atoms with Crippen LogP contribution in [0.2, 0.25) is 5.28 Å². The van der Waals surface area contributed by atoms with E-state index in [1.54, 1.807) is 0 Å². The van der Waals surface area contributed by atoms with Gasteiger partial charge in [0.15, 0.2) is 5.28 Å². The van der Waals surface area contributed by atoms with Crippen LogP contribution in [0.3, 0.4) is 0 Å². The summed E-state index contributed by atoms with van der Waals surface area (Å²) in [7, 11) is 0. The number of unbranched alkanes of at least 4 members (excludes halogenated alkanes) is 3. The van der Waals surface area contributed by atoms with Gasteiger partial charge in [0.25, 0.3) is 0 Å². The van der Waals surface area contributed by atoms with Crippen molar-refractivity contribution in [3.63, 3.8) is 0 Å². The maximum absolute atomic E-state index is 11.8.